The number of benzene rings is 2. The second-order valence-corrected chi connectivity index (χ2v) is 8.61. The first kappa shape index (κ1) is 22.6. The molecule has 2 heterocycles. The topological polar surface area (TPSA) is 73.3 Å². The normalized spacial score (nSPS) is 10.8. The molecule has 0 saturated heterocycles. The van der Waals surface area contributed by atoms with Crippen LogP contribution in [0.5, 0.6) is 11.5 Å². The van der Waals surface area contributed by atoms with Crippen LogP contribution in [0, 0.1) is 13.8 Å². The Morgan fingerprint density at radius 3 is 2.48 bits per heavy atom. The predicted octanol–water partition coefficient (Wildman–Crippen LogP) is 5.81. The van der Waals surface area contributed by atoms with Crippen molar-refractivity contribution >= 4 is 34.3 Å². The Morgan fingerprint density at radius 1 is 0.970 bits per heavy atom. The Bertz CT molecular complexity index is 1300. The molecule has 0 fully saturated rings. The molecular weight excluding hydrogens is 434 g/mol. The molecule has 0 bridgehead atoms. The van der Waals surface area contributed by atoms with Crippen LogP contribution in [0.1, 0.15) is 27.0 Å². The van der Waals surface area contributed by atoms with Crippen molar-refractivity contribution in [1.82, 2.24) is 9.97 Å². The molecule has 0 radical (unpaired) electrons. The number of aromatic nitrogens is 2. The zero-order valence-corrected chi connectivity index (χ0v) is 19.8. The number of carbonyl (C=O) groups is 1. The summed E-state index contributed by atoms with van der Waals surface area (Å²) in [5, 5.41) is 4.65. The van der Waals surface area contributed by atoms with Crippen molar-refractivity contribution in [2.45, 2.75) is 24.6 Å². The second kappa shape index (κ2) is 9.92. The molecule has 0 aliphatic rings. The van der Waals surface area contributed by atoms with Gasteiger partial charge in [0.25, 0.3) is 5.91 Å². The molecule has 0 saturated carbocycles. The van der Waals surface area contributed by atoms with Crippen LogP contribution in [0.2, 0.25) is 0 Å². The van der Waals surface area contributed by atoms with Crippen molar-refractivity contribution < 1.29 is 14.3 Å². The molecule has 6 nitrogen and oxygen atoms in total. The van der Waals surface area contributed by atoms with E-state index in [1.165, 1.54) is 11.8 Å². The van der Waals surface area contributed by atoms with E-state index in [4.69, 9.17) is 9.47 Å². The molecule has 1 N–H and O–H groups in total. The van der Waals surface area contributed by atoms with Gasteiger partial charge in [-0.25, -0.2) is 4.98 Å². The summed E-state index contributed by atoms with van der Waals surface area (Å²) in [5.74, 6) is 1.68. The van der Waals surface area contributed by atoms with E-state index in [1.807, 2.05) is 44.2 Å². The molecule has 2 aromatic heterocycles. The van der Waals surface area contributed by atoms with E-state index in [9.17, 15) is 4.79 Å². The quantitative estimate of drug-likeness (QED) is 0.352. The van der Waals surface area contributed by atoms with Crippen molar-refractivity contribution in [3.8, 4) is 11.5 Å². The van der Waals surface area contributed by atoms with Crippen LogP contribution in [0.4, 0.5) is 5.69 Å². The molecule has 4 rings (SSSR count). The maximum absolute atomic E-state index is 13.0. The minimum atomic E-state index is -0.179. The Morgan fingerprint density at radius 2 is 1.76 bits per heavy atom. The number of rotatable bonds is 7. The van der Waals surface area contributed by atoms with Gasteiger partial charge < -0.3 is 14.8 Å². The van der Waals surface area contributed by atoms with Crippen LogP contribution < -0.4 is 14.8 Å². The lowest BCUT2D eigenvalue weighted by molar-refractivity contribution is 0.102. The van der Waals surface area contributed by atoms with Gasteiger partial charge in [-0.3, -0.25) is 9.78 Å². The maximum atomic E-state index is 13.0. The second-order valence-electron chi connectivity index (χ2n) is 7.64. The largest absolute Gasteiger partial charge is 0.493 e. The molecule has 0 aliphatic carbocycles. The van der Waals surface area contributed by atoms with Crippen LogP contribution in [0.25, 0.3) is 10.9 Å². The number of amides is 1. The van der Waals surface area contributed by atoms with E-state index in [-0.39, 0.29) is 5.91 Å². The number of anilines is 1. The number of thioether (sulfide) groups is 1. The highest BCUT2D eigenvalue weighted by Crippen LogP contribution is 2.36. The van der Waals surface area contributed by atoms with Crippen molar-refractivity contribution in [1.29, 1.82) is 0 Å². The fraction of sp³-hybridized carbons (Fsp3) is 0.192. The first-order chi connectivity index (χ1) is 16.0. The van der Waals surface area contributed by atoms with E-state index in [2.05, 4.69) is 21.4 Å². The van der Waals surface area contributed by atoms with Gasteiger partial charge in [0, 0.05) is 29.2 Å². The molecule has 0 spiro atoms. The van der Waals surface area contributed by atoms with Crippen molar-refractivity contribution in [2.24, 2.45) is 0 Å². The van der Waals surface area contributed by atoms with Crippen LogP contribution in [-0.2, 0) is 5.75 Å². The molecule has 0 unspecified atom stereocenters. The number of carbonyl (C=O) groups excluding carboxylic acids is 1. The fourth-order valence-electron chi connectivity index (χ4n) is 3.79. The van der Waals surface area contributed by atoms with Gasteiger partial charge in [0.2, 0.25) is 0 Å². The molecule has 168 valence electrons. The minimum absolute atomic E-state index is 0.179. The predicted molar refractivity (Wildman–Crippen MR) is 133 cm³/mol. The number of pyridine rings is 2. The van der Waals surface area contributed by atoms with Crippen molar-refractivity contribution in [3.63, 3.8) is 0 Å². The number of hydrogen-bond acceptors (Lipinski definition) is 6. The summed E-state index contributed by atoms with van der Waals surface area (Å²) in [7, 11) is 3.21. The number of nitrogens with zero attached hydrogens (tertiary/aromatic N) is 2. The van der Waals surface area contributed by atoms with Gasteiger partial charge in [0.1, 0.15) is 10.5 Å². The zero-order valence-electron chi connectivity index (χ0n) is 19.0. The average Bonchev–Trinajstić information content (AvgIpc) is 2.81. The first-order valence-electron chi connectivity index (χ1n) is 10.5. The summed E-state index contributed by atoms with van der Waals surface area (Å²) < 4.78 is 10.9. The third-order valence-corrected chi connectivity index (χ3v) is 6.26. The van der Waals surface area contributed by atoms with E-state index >= 15 is 0 Å². The molecular formula is C26H25N3O3S. The molecule has 33 heavy (non-hydrogen) atoms. The van der Waals surface area contributed by atoms with E-state index < -0.39 is 0 Å². The highest BCUT2D eigenvalue weighted by atomic mass is 32.2. The SMILES string of the molecule is COc1ccc2c(CSc3ncccc3C(=O)Nc3cc(C)cc(C)c3)ccnc2c1OC. The van der Waals surface area contributed by atoms with Gasteiger partial charge in [-0.15, -0.1) is 11.8 Å². The molecule has 1 amide bonds. The number of ether oxygens (including phenoxy) is 2. The van der Waals surface area contributed by atoms with Crippen LogP contribution in [-0.4, -0.2) is 30.1 Å². The van der Waals surface area contributed by atoms with Crippen LogP contribution >= 0.6 is 11.8 Å². The highest BCUT2D eigenvalue weighted by Gasteiger charge is 2.16. The third-order valence-electron chi connectivity index (χ3n) is 5.20. The van der Waals surface area contributed by atoms with Gasteiger partial charge in [-0.1, -0.05) is 6.07 Å². The molecule has 4 aromatic rings. The third kappa shape index (κ3) is 4.93. The van der Waals surface area contributed by atoms with E-state index in [0.717, 1.165) is 33.3 Å². The smallest absolute Gasteiger partial charge is 0.258 e. The van der Waals surface area contributed by atoms with Crippen molar-refractivity contribution in [2.75, 3.05) is 19.5 Å². The van der Waals surface area contributed by atoms with E-state index in [0.29, 0.717) is 27.8 Å². The molecule has 2 aromatic carbocycles. The number of fused-ring (bicyclic) bond motifs is 1. The maximum Gasteiger partial charge on any atom is 0.258 e. The summed E-state index contributed by atoms with van der Waals surface area (Å²) in [6.07, 6.45) is 3.46. The lowest BCUT2D eigenvalue weighted by Crippen LogP contribution is -2.14. The lowest BCUT2D eigenvalue weighted by Gasteiger charge is -2.13. The standard InChI is InChI=1S/C26H25N3O3S/c1-16-12-17(2)14-19(13-16)29-25(30)21-6-5-10-28-26(21)33-15-18-9-11-27-23-20(18)7-8-22(31-3)24(23)32-4/h5-14H,15H2,1-4H3,(H,29,30). The number of aryl methyl sites for hydroxylation is 2. The van der Waals surface area contributed by atoms with Gasteiger partial charge in [-0.2, -0.15) is 0 Å². The van der Waals surface area contributed by atoms with Gasteiger partial charge >= 0.3 is 0 Å². The monoisotopic (exact) mass is 459 g/mol. The summed E-state index contributed by atoms with van der Waals surface area (Å²) in [4.78, 5) is 22.0. The zero-order chi connectivity index (χ0) is 23.4. The van der Waals surface area contributed by atoms with Gasteiger partial charge in [0.05, 0.1) is 19.8 Å². The number of methoxy groups -OCH3 is 2. The Kier molecular flexibility index (Phi) is 6.79. The molecule has 0 aliphatic heterocycles. The highest BCUT2D eigenvalue weighted by molar-refractivity contribution is 7.98. The summed E-state index contributed by atoms with van der Waals surface area (Å²) in [6, 6.07) is 15.4. The Balaban J connectivity index is 1.59. The summed E-state index contributed by atoms with van der Waals surface area (Å²) in [6.45, 7) is 4.02. The van der Waals surface area contributed by atoms with Gasteiger partial charge in [0.15, 0.2) is 11.5 Å². The molecule has 7 heteroatoms. The van der Waals surface area contributed by atoms with Crippen molar-refractivity contribution in [3.05, 3.63) is 83.2 Å². The minimum Gasteiger partial charge on any atom is -0.493 e. The number of hydrogen-bond donors (Lipinski definition) is 1. The lowest BCUT2D eigenvalue weighted by atomic mass is 10.1. The van der Waals surface area contributed by atoms with Crippen LogP contribution in [0.3, 0.4) is 0 Å². The van der Waals surface area contributed by atoms with E-state index in [1.54, 1.807) is 38.7 Å². The fourth-order valence-corrected chi connectivity index (χ4v) is 4.78. The van der Waals surface area contributed by atoms with Gasteiger partial charge in [-0.05, 0) is 73.0 Å². The summed E-state index contributed by atoms with van der Waals surface area (Å²) in [5.41, 5.74) is 5.32. The van der Waals surface area contributed by atoms with Crippen LogP contribution in [0.15, 0.2) is 66.0 Å². The Labute approximate surface area is 197 Å². The summed E-state index contributed by atoms with van der Waals surface area (Å²) >= 11 is 1.51. The number of nitrogens with one attached hydrogen (secondary N) is 1. The first-order valence-corrected chi connectivity index (χ1v) is 11.4. The average molecular weight is 460 g/mol. The Hall–Kier alpha value is -3.58. The molecule has 0 atom stereocenters.